The van der Waals surface area contributed by atoms with Crippen LogP contribution >= 0.6 is 15.9 Å². The third kappa shape index (κ3) is 5.60. The number of anilines is 2. The highest BCUT2D eigenvalue weighted by Gasteiger charge is 2.34. The maximum Gasteiger partial charge on any atom is 0.325 e. The van der Waals surface area contributed by atoms with Crippen molar-refractivity contribution in [1.82, 2.24) is 59.8 Å². The molecule has 254 valence electrons. The van der Waals surface area contributed by atoms with Crippen LogP contribution in [0.4, 0.5) is 11.6 Å². The SMILES string of the molecule is CC(C)(OC(=O)[C@@H]1CC[C@H](c2cc(N)n3ncc(-c4cn[nH]c4)c3n2)CN1)n1cc(-c2cnn3c(N)c(Br)c(C4CCCNC4)nc23)cn1. The summed E-state index contributed by atoms with van der Waals surface area (Å²) in [6.07, 6.45) is 14.0. The van der Waals surface area contributed by atoms with Crippen LogP contribution in [0.25, 0.3) is 33.5 Å². The number of halogens is 1. The number of fused-ring (bicyclic) bond motifs is 2. The molecular weight excluding hydrogens is 692 g/mol. The molecule has 0 radical (unpaired) electrons. The quantitative estimate of drug-likeness (QED) is 0.150. The van der Waals surface area contributed by atoms with Crippen LogP contribution in [0, 0.1) is 0 Å². The van der Waals surface area contributed by atoms with Gasteiger partial charge in [-0.15, -0.1) is 0 Å². The third-order valence-corrected chi connectivity index (χ3v) is 10.4. The van der Waals surface area contributed by atoms with Crippen molar-refractivity contribution in [3.05, 3.63) is 59.1 Å². The normalized spacial score (nSPS) is 20.3. The number of nitrogen functional groups attached to an aromatic ring is 2. The smallest absolute Gasteiger partial charge is 0.325 e. The molecule has 16 nitrogen and oxygen atoms in total. The minimum Gasteiger partial charge on any atom is -0.436 e. The van der Waals surface area contributed by atoms with E-state index < -0.39 is 11.8 Å². The molecule has 7 N–H and O–H groups in total. The van der Waals surface area contributed by atoms with Crippen LogP contribution in [0.5, 0.6) is 0 Å². The number of piperidine rings is 2. The van der Waals surface area contributed by atoms with Crippen LogP contribution in [0.1, 0.15) is 62.8 Å². The zero-order valence-corrected chi connectivity index (χ0v) is 28.7. The molecule has 2 saturated heterocycles. The number of carbonyl (C=O) groups is 1. The van der Waals surface area contributed by atoms with Gasteiger partial charge < -0.3 is 26.8 Å². The Morgan fingerprint density at radius 1 is 0.959 bits per heavy atom. The summed E-state index contributed by atoms with van der Waals surface area (Å²) < 4.78 is 11.7. The van der Waals surface area contributed by atoms with E-state index in [0.717, 1.165) is 70.5 Å². The van der Waals surface area contributed by atoms with Gasteiger partial charge in [-0.25, -0.2) is 14.6 Å². The zero-order valence-electron chi connectivity index (χ0n) is 27.1. The number of nitrogens with two attached hydrogens (primary N) is 2. The van der Waals surface area contributed by atoms with Gasteiger partial charge in [-0.05, 0) is 62.0 Å². The van der Waals surface area contributed by atoms with E-state index in [9.17, 15) is 4.79 Å². The molecule has 0 amide bonds. The van der Waals surface area contributed by atoms with Gasteiger partial charge in [-0.1, -0.05) is 0 Å². The maximum atomic E-state index is 13.4. The van der Waals surface area contributed by atoms with Crippen molar-refractivity contribution < 1.29 is 9.53 Å². The van der Waals surface area contributed by atoms with Crippen LogP contribution in [-0.4, -0.2) is 80.8 Å². The third-order valence-electron chi connectivity index (χ3n) is 9.57. The molecule has 6 aromatic rings. The van der Waals surface area contributed by atoms with Crippen LogP contribution < -0.4 is 22.1 Å². The van der Waals surface area contributed by atoms with Crippen LogP contribution in [0.2, 0.25) is 0 Å². The number of esters is 1. The average molecular weight is 730 g/mol. The molecule has 0 bridgehead atoms. The molecule has 2 fully saturated rings. The van der Waals surface area contributed by atoms with Gasteiger partial charge in [-0.2, -0.15) is 29.4 Å². The van der Waals surface area contributed by atoms with E-state index in [1.807, 2.05) is 26.1 Å². The molecule has 8 heterocycles. The largest absolute Gasteiger partial charge is 0.436 e. The molecule has 6 aromatic heterocycles. The van der Waals surface area contributed by atoms with E-state index in [1.54, 1.807) is 44.7 Å². The minimum atomic E-state index is -1.06. The molecule has 8 rings (SSSR count). The highest BCUT2D eigenvalue weighted by Crippen LogP contribution is 2.36. The van der Waals surface area contributed by atoms with Crippen molar-refractivity contribution in [1.29, 1.82) is 0 Å². The number of ether oxygens (including phenoxy) is 1. The van der Waals surface area contributed by atoms with Crippen molar-refractivity contribution in [2.75, 3.05) is 31.1 Å². The number of aromatic amines is 1. The second-order valence-corrected chi connectivity index (χ2v) is 14.0. The maximum absolute atomic E-state index is 13.4. The van der Waals surface area contributed by atoms with Crippen LogP contribution in [-0.2, 0) is 15.3 Å². The second kappa shape index (κ2) is 12.2. The first-order valence-corrected chi connectivity index (χ1v) is 17.2. The number of hydrogen-bond acceptors (Lipinski definition) is 12. The van der Waals surface area contributed by atoms with E-state index in [4.69, 9.17) is 26.2 Å². The Morgan fingerprint density at radius 2 is 1.76 bits per heavy atom. The van der Waals surface area contributed by atoms with Gasteiger partial charge in [-0.3, -0.25) is 9.89 Å². The summed E-state index contributed by atoms with van der Waals surface area (Å²) in [7, 11) is 0. The van der Waals surface area contributed by atoms with E-state index in [1.165, 1.54) is 0 Å². The lowest BCUT2D eigenvalue weighted by Crippen LogP contribution is -2.47. The molecular formula is C32H37BrN14O2. The van der Waals surface area contributed by atoms with Gasteiger partial charge in [0, 0.05) is 65.6 Å². The Balaban J connectivity index is 0.958. The summed E-state index contributed by atoms with van der Waals surface area (Å²) in [6.45, 7) is 6.03. The number of carbonyl (C=O) groups excluding carboxylic acids is 1. The van der Waals surface area contributed by atoms with Crippen molar-refractivity contribution in [3.8, 4) is 22.3 Å². The molecule has 0 spiro atoms. The molecule has 2 aliphatic rings. The summed E-state index contributed by atoms with van der Waals surface area (Å²) in [6, 6.07) is 1.38. The fourth-order valence-corrected chi connectivity index (χ4v) is 7.40. The topological polar surface area (TPSA) is 209 Å². The molecule has 0 saturated carbocycles. The lowest BCUT2D eigenvalue weighted by atomic mass is 9.91. The van der Waals surface area contributed by atoms with Crippen molar-refractivity contribution in [3.63, 3.8) is 0 Å². The van der Waals surface area contributed by atoms with Gasteiger partial charge >= 0.3 is 5.97 Å². The van der Waals surface area contributed by atoms with Crippen LogP contribution in [0.3, 0.4) is 0 Å². The highest BCUT2D eigenvalue weighted by molar-refractivity contribution is 9.10. The fourth-order valence-electron chi connectivity index (χ4n) is 6.82. The molecule has 3 atom stereocenters. The predicted molar refractivity (Wildman–Crippen MR) is 185 cm³/mol. The number of aromatic nitrogens is 10. The Bertz CT molecular complexity index is 2150. The van der Waals surface area contributed by atoms with Crippen molar-refractivity contribution in [2.45, 2.75) is 63.1 Å². The molecule has 49 heavy (non-hydrogen) atoms. The average Bonchev–Trinajstić information content (AvgIpc) is 3.93. The number of hydrogen-bond donors (Lipinski definition) is 5. The fraction of sp³-hybridized carbons (Fsp3) is 0.406. The minimum absolute atomic E-state index is 0.0640. The highest BCUT2D eigenvalue weighted by atomic mass is 79.9. The number of H-pyrrole nitrogens is 1. The summed E-state index contributed by atoms with van der Waals surface area (Å²) in [5.41, 5.74) is 18.2. The zero-order chi connectivity index (χ0) is 33.9. The van der Waals surface area contributed by atoms with Crippen LogP contribution in [0.15, 0.2) is 47.7 Å². The Kier molecular flexibility index (Phi) is 7.83. The second-order valence-electron chi connectivity index (χ2n) is 13.2. The monoisotopic (exact) mass is 728 g/mol. The number of nitrogens with one attached hydrogen (secondary N) is 3. The van der Waals surface area contributed by atoms with E-state index in [0.29, 0.717) is 35.9 Å². The predicted octanol–water partition coefficient (Wildman–Crippen LogP) is 3.19. The molecule has 0 aliphatic carbocycles. The van der Waals surface area contributed by atoms with Gasteiger partial charge in [0.05, 0.1) is 40.6 Å². The molecule has 17 heteroatoms. The van der Waals surface area contributed by atoms with Gasteiger partial charge in [0.25, 0.3) is 0 Å². The summed E-state index contributed by atoms with van der Waals surface area (Å²) in [5, 5.41) is 27.2. The Labute approximate surface area is 289 Å². The van der Waals surface area contributed by atoms with Crippen molar-refractivity contribution in [2.24, 2.45) is 0 Å². The van der Waals surface area contributed by atoms with Crippen molar-refractivity contribution >= 4 is 44.8 Å². The molecule has 1 unspecified atom stereocenters. The lowest BCUT2D eigenvalue weighted by Gasteiger charge is -2.32. The summed E-state index contributed by atoms with van der Waals surface area (Å²) >= 11 is 3.66. The van der Waals surface area contributed by atoms with E-state index >= 15 is 0 Å². The first kappa shape index (κ1) is 31.4. The standard InChI is InChI=1S/C32H37BrN14O2/c1-32(2,45-16-20(13-40-45)22-15-42-47-28(35)26(33)27(44-30(22)47)18-4-3-7-36-9-18)49-31(48)23-6-5-17(10-37-23)24-8-25(34)46-29(43-24)21(14-41-46)19-11-38-39-12-19/h8,11-18,23,36-37H,3-7,9-10,34-35H2,1-2H3,(H,38,39)/t17-,18?,23-/m0/s1. The first-order chi connectivity index (χ1) is 23.7. The van der Waals surface area contributed by atoms with E-state index in [2.05, 4.69) is 52.1 Å². The molecule has 0 aromatic carbocycles. The number of rotatable bonds is 7. The molecule has 2 aliphatic heterocycles. The van der Waals surface area contributed by atoms with Gasteiger partial charge in [0.1, 0.15) is 17.7 Å². The summed E-state index contributed by atoms with van der Waals surface area (Å²) in [5.74, 6) is 0.964. The Morgan fingerprint density at radius 3 is 2.49 bits per heavy atom. The Hall–Kier alpha value is -4.87. The number of nitrogens with zero attached hydrogens (tertiary/aromatic N) is 9. The lowest BCUT2D eigenvalue weighted by molar-refractivity contribution is -0.171. The first-order valence-electron chi connectivity index (χ1n) is 16.4. The van der Waals surface area contributed by atoms with Gasteiger partial charge in [0.15, 0.2) is 17.0 Å². The summed E-state index contributed by atoms with van der Waals surface area (Å²) in [4.78, 5) is 23.4. The van der Waals surface area contributed by atoms with Gasteiger partial charge in [0.2, 0.25) is 0 Å². The van der Waals surface area contributed by atoms with E-state index in [-0.39, 0.29) is 17.8 Å².